The Morgan fingerprint density at radius 1 is 1.25 bits per heavy atom. The van der Waals surface area contributed by atoms with Gasteiger partial charge in [0.25, 0.3) is 0 Å². The van der Waals surface area contributed by atoms with Gasteiger partial charge in [-0.1, -0.05) is 43.2 Å². The average molecular weight is 221 g/mol. The number of aryl methyl sites for hydroxylation is 1. The zero-order valence-electron chi connectivity index (χ0n) is 10.6. The first-order valence-corrected chi connectivity index (χ1v) is 6.09. The van der Waals surface area contributed by atoms with E-state index in [-0.39, 0.29) is 0 Å². The highest BCUT2D eigenvalue weighted by Crippen LogP contribution is 2.13. The Balaban J connectivity index is 2.44. The van der Waals surface area contributed by atoms with Crippen LogP contribution in [0, 0.1) is 6.92 Å². The molecule has 0 spiro atoms. The zero-order valence-corrected chi connectivity index (χ0v) is 10.6. The van der Waals surface area contributed by atoms with Crippen LogP contribution in [0.1, 0.15) is 36.9 Å². The minimum atomic E-state index is 0.303. The van der Waals surface area contributed by atoms with E-state index in [2.05, 4.69) is 43.4 Å². The summed E-state index contributed by atoms with van der Waals surface area (Å²) in [5.41, 5.74) is 2.59. The second-order valence-corrected chi connectivity index (χ2v) is 4.18. The molecular weight excluding hydrogens is 198 g/mol. The largest absolute Gasteiger partial charge is 0.379 e. The van der Waals surface area contributed by atoms with Gasteiger partial charge in [0.05, 0.1) is 12.6 Å². The molecule has 0 amide bonds. The number of nitrogens with one attached hydrogen (secondary N) is 1. The summed E-state index contributed by atoms with van der Waals surface area (Å²) in [5.74, 6) is 0. The van der Waals surface area contributed by atoms with Crippen LogP contribution in [0.15, 0.2) is 24.3 Å². The lowest BCUT2D eigenvalue weighted by molar-refractivity contribution is 0.111. The number of rotatable bonds is 7. The molecule has 0 aliphatic carbocycles. The van der Waals surface area contributed by atoms with Crippen molar-refractivity contribution in [2.75, 3.05) is 20.3 Å². The highest BCUT2D eigenvalue weighted by atomic mass is 16.5. The first-order valence-electron chi connectivity index (χ1n) is 6.09. The van der Waals surface area contributed by atoms with Crippen LogP contribution >= 0.6 is 0 Å². The minimum Gasteiger partial charge on any atom is -0.379 e. The van der Waals surface area contributed by atoms with E-state index in [0.29, 0.717) is 6.04 Å². The summed E-state index contributed by atoms with van der Waals surface area (Å²) in [6.45, 7) is 5.90. The summed E-state index contributed by atoms with van der Waals surface area (Å²) in [6.07, 6.45) is 2.33. The van der Waals surface area contributed by atoms with Gasteiger partial charge in [0, 0.05) is 6.61 Å². The highest BCUT2D eigenvalue weighted by molar-refractivity contribution is 5.24. The Labute approximate surface area is 99.0 Å². The van der Waals surface area contributed by atoms with Crippen molar-refractivity contribution in [2.45, 2.75) is 32.7 Å². The van der Waals surface area contributed by atoms with Crippen LogP contribution in [-0.2, 0) is 4.74 Å². The summed E-state index contributed by atoms with van der Waals surface area (Å²) >= 11 is 0. The molecule has 1 rings (SSSR count). The number of likely N-dealkylation sites (N-methyl/N-ethyl adjacent to an activating group) is 1. The van der Waals surface area contributed by atoms with Gasteiger partial charge in [0.15, 0.2) is 0 Å². The normalized spacial score (nSPS) is 12.7. The van der Waals surface area contributed by atoms with Gasteiger partial charge in [-0.05, 0) is 26.0 Å². The van der Waals surface area contributed by atoms with Crippen molar-refractivity contribution < 1.29 is 4.74 Å². The molecular formula is C14H23NO. The standard InChI is InChI=1S/C14H23NO/c1-4-5-10-16-11-14(15-3)13-8-6-12(2)7-9-13/h6-9,14-15H,4-5,10-11H2,1-3H3. The van der Waals surface area contributed by atoms with Crippen molar-refractivity contribution in [3.8, 4) is 0 Å². The van der Waals surface area contributed by atoms with Crippen molar-refractivity contribution >= 4 is 0 Å². The molecule has 1 aromatic carbocycles. The van der Waals surface area contributed by atoms with Crippen LogP contribution in [0.5, 0.6) is 0 Å². The van der Waals surface area contributed by atoms with E-state index in [1.807, 2.05) is 7.05 Å². The molecule has 1 atom stereocenters. The Kier molecular flexibility index (Phi) is 6.12. The molecule has 0 radical (unpaired) electrons. The number of ether oxygens (including phenoxy) is 1. The van der Waals surface area contributed by atoms with Gasteiger partial charge in [-0.15, -0.1) is 0 Å². The predicted molar refractivity (Wildman–Crippen MR) is 68.7 cm³/mol. The second-order valence-electron chi connectivity index (χ2n) is 4.18. The van der Waals surface area contributed by atoms with E-state index in [9.17, 15) is 0 Å². The molecule has 0 bridgehead atoms. The lowest BCUT2D eigenvalue weighted by Crippen LogP contribution is -2.22. The predicted octanol–water partition coefficient (Wildman–Crippen LogP) is 3.07. The van der Waals surface area contributed by atoms with E-state index < -0.39 is 0 Å². The van der Waals surface area contributed by atoms with Crippen LogP contribution in [0.2, 0.25) is 0 Å². The molecule has 1 unspecified atom stereocenters. The fourth-order valence-electron chi connectivity index (χ4n) is 1.59. The van der Waals surface area contributed by atoms with E-state index in [4.69, 9.17) is 4.74 Å². The van der Waals surface area contributed by atoms with Gasteiger partial charge in [-0.25, -0.2) is 0 Å². The van der Waals surface area contributed by atoms with Crippen molar-refractivity contribution in [3.05, 3.63) is 35.4 Å². The fraction of sp³-hybridized carbons (Fsp3) is 0.571. The quantitative estimate of drug-likeness (QED) is 0.714. The van der Waals surface area contributed by atoms with Crippen molar-refractivity contribution in [2.24, 2.45) is 0 Å². The molecule has 16 heavy (non-hydrogen) atoms. The molecule has 0 saturated carbocycles. The molecule has 0 aliphatic heterocycles. The highest BCUT2D eigenvalue weighted by Gasteiger charge is 2.08. The maximum absolute atomic E-state index is 5.65. The maximum Gasteiger partial charge on any atom is 0.0661 e. The van der Waals surface area contributed by atoms with E-state index >= 15 is 0 Å². The van der Waals surface area contributed by atoms with Crippen LogP contribution in [0.3, 0.4) is 0 Å². The summed E-state index contributed by atoms with van der Waals surface area (Å²) < 4.78 is 5.65. The van der Waals surface area contributed by atoms with Crippen LogP contribution in [-0.4, -0.2) is 20.3 Å². The van der Waals surface area contributed by atoms with Crippen LogP contribution in [0.25, 0.3) is 0 Å². The van der Waals surface area contributed by atoms with E-state index in [0.717, 1.165) is 19.6 Å². The fourth-order valence-corrected chi connectivity index (χ4v) is 1.59. The van der Waals surface area contributed by atoms with Gasteiger partial charge in [0.1, 0.15) is 0 Å². The Morgan fingerprint density at radius 2 is 1.94 bits per heavy atom. The van der Waals surface area contributed by atoms with Crippen molar-refractivity contribution in [1.82, 2.24) is 5.32 Å². The maximum atomic E-state index is 5.65. The second kappa shape index (κ2) is 7.42. The third kappa shape index (κ3) is 4.33. The number of benzene rings is 1. The first kappa shape index (κ1) is 13.2. The summed E-state index contributed by atoms with van der Waals surface area (Å²) in [4.78, 5) is 0. The Morgan fingerprint density at radius 3 is 2.50 bits per heavy atom. The van der Waals surface area contributed by atoms with Crippen molar-refractivity contribution in [1.29, 1.82) is 0 Å². The van der Waals surface area contributed by atoms with Gasteiger partial charge in [0.2, 0.25) is 0 Å². The molecule has 0 aromatic heterocycles. The lowest BCUT2D eigenvalue weighted by Gasteiger charge is -2.17. The summed E-state index contributed by atoms with van der Waals surface area (Å²) in [7, 11) is 1.98. The molecule has 1 aromatic rings. The molecule has 90 valence electrons. The summed E-state index contributed by atoms with van der Waals surface area (Å²) in [6, 6.07) is 8.93. The van der Waals surface area contributed by atoms with E-state index in [1.54, 1.807) is 0 Å². The molecule has 1 N–H and O–H groups in total. The molecule has 0 aliphatic rings. The third-order valence-electron chi connectivity index (χ3n) is 2.75. The van der Waals surface area contributed by atoms with Gasteiger partial charge in [-0.3, -0.25) is 0 Å². The van der Waals surface area contributed by atoms with Crippen LogP contribution in [0.4, 0.5) is 0 Å². The van der Waals surface area contributed by atoms with E-state index in [1.165, 1.54) is 17.5 Å². The smallest absolute Gasteiger partial charge is 0.0661 e. The van der Waals surface area contributed by atoms with Crippen molar-refractivity contribution in [3.63, 3.8) is 0 Å². The number of unbranched alkanes of at least 4 members (excludes halogenated alkanes) is 1. The number of hydrogen-bond donors (Lipinski definition) is 1. The molecule has 2 nitrogen and oxygen atoms in total. The molecule has 0 saturated heterocycles. The number of hydrogen-bond acceptors (Lipinski definition) is 2. The topological polar surface area (TPSA) is 21.3 Å². The average Bonchev–Trinajstić information content (AvgIpc) is 2.31. The Hall–Kier alpha value is -0.860. The zero-order chi connectivity index (χ0) is 11.8. The van der Waals surface area contributed by atoms with Gasteiger partial charge < -0.3 is 10.1 Å². The van der Waals surface area contributed by atoms with Gasteiger partial charge >= 0.3 is 0 Å². The monoisotopic (exact) mass is 221 g/mol. The SMILES string of the molecule is CCCCOCC(NC)c1ccc(C)cc1. The van der Waals surface area contributed by atoms with Crippen LogP contribution < -0.4 is 5.32 Å². The summed E-state index contributed by atoms with van der Waals surface area (Å²) in [5, 5.41) is 3.29. The Bertz CT molecular complexity index is 281. The first-order chi connectivity index (χ1) is 7.77. The molecule has 2 heteroatoms. The lowest BCUT2D eigenvalue weighted by atomic mass is 10.1. The minimum absolute atomic E-state index is 0.303. The third-order valence-corrected chi connectivity index (χ3v) is 2.75. The van der Waals surface area contributed by atoms with Gasteiger partial charge in [-0.2, -0.15) is 0 Å². The molecule has 0 heterocycles. The molecule has 0 fully saturated rings.